The number of hydrogen-bond acceptors (Lipinski definition) is 2. The quantitative estimate of drug-likeness (QED) is 0.873. The lowest BCUT2D eigenvalue weighted by molar-refractivity contribution is 0.199. The van der Waals surface area contributed by atoms with Gasteiger partial charge in [0.2, 0.25) is 0 Å². The highest BCUT2D eigenvalue weighted by molar-refractivity contribution is 6.32. The molecule has 0 aromatic heterocycles. The molecule has 2 aromatic carbocycles. The van der Waals surface area contributed by atoms with Crippen LogP contribution in [0.4, 0.5) is 0 Å². The fourth-order valence-electron chi connectivity index (χ4n) is 1.51. The molecular formula is C14H12Cl2O2. The van der Waals surface area contributed by atoms with Gasteiger partial charge in [0.1, 0.15) is 11.5 Å². The highest BCUT2D eigenvalue weighted by atomic mass is 35.5. The summed E-state index contributed by atoms with van der Waals surface area (Å²) in [6.45, 7) is 1.68. The van der Waals surface area contributed by atoms with Gasteiger partial charge in [-0.05, 0) is 36.8 Å². The molecule has 0 heterocycles. The molecule has 0 aliphatic heterocycles. The third kappa shape index (κ3) is 2.96. The van der Waals surface area contributed by atoms with Gasteiger partial charge in [0.15, 0.2) is 0 Å². The molecule has 0 fully saturated rings. The van der Waals surface area contributed by atoms with Crippen LogP contribution in [0.15, 0.2) is 42.5 Å². The van der Waals surface area contributed by atoms with E-state index in [1.54, 1.807) is 37.3 Å². The van der Waals surface area contributed by atoms with Gasteiger partial charge in [-0.15, -0.1) is 0 Å². The van der Waals surface area contributed by atoms with Crippen LogP contribution in [0.1, 0.15) is 18.6 Å². The van der Waals surface area contributed by atoms with Gasteiger partial charge in [0.05, 0.1) is 16.1 Å². The molecule has 1 atom stereocenters. The number of aliphatic hydroxyl groups excluding tert-OH is 1. The molecule has 18 heavy (non-hydrogen) atoms. The summed E-state index contributed by atoms with van der Waals surface area (Å²) in [6.07, 6.45) is -0.558. The first-order chi connectivity index (χ1) is 8.58. The second-order valence-electron chi connectivity index (χ2n) is 3.90. The van der Waals surface area contributed by atoms with Gasteiger partial charge in [-0.2, -0.15) is 0 Å². The Morgan fingerprint density at radius 1 is 1.00 bits per heavy atom. The smallest absolute Gasteiger partial charge is 0.146 e. The van der Waals surface area contributed by atoms with E-state index in [9.17, 15) is 5.11 Å². The molecule has 1 N–H and O–H groups in total. The first kappa shape index (κ1) is 13.2. The first-order valence-corrected chi connectivity index (χ1v) is 6.23. The van der Waals surface area contributed by atoms with Crippen LogP contribution in [-0.4, -0.2) is 5.11 Å². The number of halogens is 2. The highest BCUT2D eigenvalue weighted by Crippen LogP contribution is 2.34. The van der Waals surface area contributed by atoms with E-state index in [0.29, 0.717) is 21.5 Å². The molecule has 2 nitrogen and oxygen atoms in total. The van der Waals surface area contributed by atoms with Crippen molar-refractivity contribution in [1.82, 2.24) is 0 Å². The Hall–Kier alpha value is -1.22. The van der Waals surface area contributed by atoms with E-state index in [4.69, 9.17) is 27.9 Å². The van der Waals surface area contributed by atoms with Crippen LogP contribution >= 0.6 is 23.2 Å². The van der Waals surface area contributed by atoms with Crippen molar-refractivity contribution < 1.29 is 9.84 Å². The fraction of sp³-hybridized carbons (Fsp3) is 0.143. The predicted molar refractivity (Wildman–Crippen MR) is 73.6 cm³/mol. The maximum absolute atomic E-state index is 9.45. The number of aliphatic hydroxyl groups is 1. The Bertz CT molecular complexity index is 553. The van der Waals surface area contributed by atoms with Crippen LogP contribution in [0.5, 0.6) is 11.5 Å². The van der Waals surface area contributed by atoms with Crippen molar-refractivity contribution in [1.29, 1.82) is 0 Å². The van der Waals surface area contributed by atoms with Crippen LogP contribution < -0.4 is 4.74 Å². The molecule has 4 heteroatoms. The number of hydrogen-bond donors (Lipinski definition) is 1. The SMILES string of the molecule is C[C@H](O)c1ccc(Oc2ccccc2Cl)c(Cl)c1. The lowest BCUT2D eigenvalue weighted by atomic mass is 10.1. The molecule has 2 aromatic rings. The van der Waals surface area contributed by atoms with E-state index in [1.165, 1.54) is 0 Å². The van der Waals surface area contributed by atoms with Crippen molar-refractivity contribution in [2.75, 3.05) is 0 Å². The molecule has 0 saturated heterocycles. The number of para-hydroxylation sites is 1. The monoisotopic (exact) mass is 282 g/mol. The summed E-state index contributed by atoms with van der Waals surface area (Å²) in [4.78, 5) is 0. The summed E-state index contributed by atoms with van der Waals surface area (Å²) in [5.74, 6) is 1.06. The lowest BCUT2D eigenvalue weighted by Gasteiger charge is -2.11. The molecule has 0 aliphatic rings. The zero-order chi connectivity index (χ0) is 13.1. The van der Waals surface area contributed by atoms with Crippen molar-refractivity contribution in [3.05, 3.63) is 58.1 Å². The highest BCUT2D eigenvalue weighted by Gasteiger charge is 2.08. The Balaban J connectivity index is 2.28. The van der Waals surface area contributed by atoms with Gasteiger partial charge in [-0.3, -0.25) is 0 Å². The van der Waals surface area contributed by atoms with Crippen molar-refractivity contribution in [2.45, 2.75) is 13.0 Å². The van der Waals surface area contributed by atoms with Crippen molar-refractivity contribution in [3.8, 4) is 11.5 Å². The third-order valence-corrected chi connectivity index (χ3v) is 3.10. The van der Waals surface area contributed by atoms with Gasteiger partial charge in [-0.25, -0.2) is 0 Å². The molecule has 94 valence electrons. The van der Waals surface area contributed by atoms with E-state index >= 15 is 0 Å². The normalized spacial score (nSPS) is 12.2. The van der Waals surface area contributed by atoms with E-state index < -0.39 is 6.10 Å². The van der Waals surface area contributed by atoms with Gasteiger partial charge in [-0.1, -0.05) is 41.4 Å². The maximum Gasteiger partial charge on any atom is 0.146 e. The van der Waals surface area contributed by atoms with E-state index in [1.807, 2.05) is 12.1 Å². The van der Waals surface area contributed by atoms with Gasteiger partial charge in [0.25, 0.3) is 0 Å². The summed E-state index contributed by atoms with van der Waals surface area (Å²) in [7, 11) is 0. The van der Waals surface area contributed by atoms with Crippen LogP contribution in [0.3, 0.4) is 0 Å². The number of rotatable bonds is 3. The average Bonchev–Trinajstić information content (AvgIpc) is 2.34. The number of benzene rings is 2. The molecule has 0 unspecified atom stereocenters. The van der Waals surface area contributed by atoms with Crippen molar-refractivity contribution in [2.24, 2.45) is 0 Å². The summed E-state index contributed by atoms with van der Waals surface area (Å²) >= 11 is 12.1. The van der Waals surface area contributed by atoms with Gasteiger partial charge in [0, 0.05) is 0 Å². The van der Waals surface area contributed by atoms with E-state index in [2.05, 4.69) is 0 Å². The van der Waals surface area contributed by atoms with Crippen molar-refractivity contribution >= 4 is 23.2 Å². The molecule has 0 amide bonds. The Morgan fingerprint density at radius 2 is 1.67 bits per heavy atom. The second-order valence-corrected chi connectivity index (χ2v) is 4.71. The second kappa shape index (κ2) is 5.61. The van der Waals surface area contributed by atoms with Gasteiger partial charge >= 0.3 is 0 Å². The summed E-state index contributed by atoms with van der Waals surface area (Å²) in [5.41, 5.74) is 0.742. The van der Waals surface area contributed by atoms with Crippen LogP contribution in [0.25, 0.3) is 0 Å². The first-order valence-electron chi connectivity index (χ1n) is 5.48. The van der Waals surface area contributed by atoms with Crippen molar-refractivity contribution in [3.63, 3.8) is 0 Å². The lowest BCUT2D eigenvalue weighted by Crippen LogP contribution is -1.92. The molecular weight excluding hydrogens is 271 g/mol. The maximum atomic E-state index is 9.45. The molecule has 0 radical (unpaired) electrons. The molecule has 0 saturated carbocycles. The molecule has 2 rings (SSSR count). The summed E-state index contributed by atoms with van der Waals surface area (Å²) in [5, 5.41) is 10.4. The predicted octanol–water partition coefficient (Wildman–Crippen LogP) is 4.84. The topological polar surface area (TPSA) is 29.5 Å². The zero-order valence-electron chi connectivity index (χ0n) is 9.73. The van der Waals surface area contributed by atoms with Crippen LogP contribution in [0, 0.1) is 0 Å². The van der Waals surface area contributed by atoms with E-state index in [-0.39, 0.29) is 0 Å². The Morgan fingerprint density at radius 3 is 2.28 bits per heavy atom. The fourth-order valence-corrected chi connectivity index (χ4v) is 1.91. The minimum atomic E-state index is -0.558. The third-order valence-electron chi connectivity index (χ3n) is 2.49. The largest absolute Gasteiger partial charge is 0.454 e. The molecule has 0 aliphatic carbocycles. The minimum Gasteiger partial charge on any atom is -0.454 e. The average molecular weight is 283 g/mol. The van der Waals surface area contributed by atoms with E-state index in [0.717, 1.165) is 5.56 Å². The van der Waals surface area contributed by atoms with Gasteiger partial charge < -0.3 is 9.84 Å². The Kier molecular flexibility index (Phi) is 4.12. The Labute approximate surface area is 116 Å². The standard InChI is InChI=1S/C14H12Cl2O2/c1-9(17)10-6-7-14(12(16)8-10)18-13-5-3-2-4-11(13)15/h2-9,17H,1H3/t9-/m0/s1. The van der Waals surface area contributed by atoms with Crippen LogP contribution in [-0.2, 0) is 0 Å². The molecule has 0 bridgehead atoms. The van der Waals surface area contributed by atoms with Crippen LogP contribution in [0.2, 0.25) is 10.0 Å². The zero-order valence-corrected chi connectivity index (χ0v) is 11.2. The molecule has 0 spiro atoms. The summed E-state index contributed by atoms with van der Waals surface area (Å²) < 4.78 is 5.63. The minimum absolute atomic E-state index is 0.438. The number of ether oxygens (including phenoxy) is 1. The summed E-state index contributed by atoms with van der Waals surface area (Å²) in [6, 6.07) is 12.3.